The molecule has 1 amide bonds. The van der Waals surface area contributed by atoms with Crippen molar-refractivity contribution in [2.45, 2.75) is 0 Å². The summed E-state index contributed by atoms with van der Waals surface area (Å²) in [4.78, 5) is 48.9. The van der Waals surface area contributed by atoms with Gasteiger partial charge < -0.3 is 16.2 Å². The first kappa shape index (κ1) is 28.7. The van der Waals surface area contributed by atoms with Gasteiger partial charge in [-0.15, -0.1) is 0 Å². The van der Waals surface area contributed by atoms with Crippen LogP contribution in [0.2, 0.25) is 0 Å². The fourth-order valence-electron chi connectivity index (χ4n) is 2.37. The molecule has 0 fully saturated rings. The van der Waals surface area contributed by atoms with Crippen molar-refractivity contribution in [2.24, 2.45) is 0 Å². The zero-order valence-corrected chi connectivity index (χ0v) is 28.6. The predicted molar refractivity (Wildman–Crippen MR) is 169 cm³/mol. The molecule has 0 heterocycles. The number of nitrogen functional groups attached to an aromatic ring is 1. The zero-order valence-electron chi connectivity index (χ0n) is 14.2. The van der Waals surface area contributed by atoms with Gasteiger partial charge in [-0.25, -0.2) is 4.79 Å². The van der Waals surface area contributed by atoms with E-state index in [-0.39, 0.29) is 44.3 Å². The van der Waals surface area contributed by atoms with Crippen LogP contribution in [0, 0.1) is 21.4 Å². The third-order valence-corrected chi connectivity index (χ3v) is 10.7. The zero-order chi connectivity index (χ0) is 23.9. The molecule has 0 unspecified atom stereocenters. The molecule has 0 spiro atoms. The molecular weight excluding hydrogens is 1130 g/mol. The van der Waals surface area contributed by atoms with Gasteiger partial charge in [-0.05, 0) is 159 Å². The highest BCUT2D eigenvalue weighted by Crippen LogP contribution is 2.38. The van der Waals surface area contributed by atoms with Gasteiger partial charge in [0, 0.05) is 7.14 Å². The number of halogens is 8. The Morgan fingerprint density at radius 2 is 1.06 bits per heavy atom. The minimum absolute atomic E-state index is 0.0286. The van der Waals surface area contributed by atoms with Crippen LogP contribution in [0.3, 0.4) is 0 Å². The second-order valence-corrected chi connectivity index (χ2v) is 12.6. The number of carbonyl (C=O) groups excluding carboxylic acids is 3. The van der Waals surface area contributed by atoms with E-state index in [0.29, 0.717) is 10.7 Å². The molecule has 2 rings (SSSR count). The molecule has 0 radical (unpaired) electrons. The molecule has 15 heteroatoms. The smallest absolute Gasteiger partial charge is 0.337 e. The Labute approximate surface area is 266 Å². The molecule has 0 aromatic heterocycles. The molecule has 0 bridgehead atoms. The van der Waals surface area contributed by atoms with Crippen molar-refractivity contribution < 1.29 is 24.3 Å². The van der Waals surface area contributed by atoms with Crippen LogP contribution in [-0.4, -0.2) is 27.5 Å². The third kappa shape index (κ3) is 5.67. The topological polar surface area (TPSA) is 127 Å². The lowest BCUT2D eigenvalue weighted by Crippen LogP contribution is -2.22. The van der Waals surface area contributed by atoms with Crippen molar-refractivity contribution in [1.29, 1.82) is 0 Å². The molecule has 7 nitrogen and oxygen atoms in total. The number of carboxylic acids is 1. The van der Waals surface area contributed by atoms with Crippen LogP contribution < -0.4 is 11.1 Å². The highest BCUT2D eigenvalue weighted by Gasteiger charge is 2.30. The van der Waals surface area contributed by atoms with Crippen LogP contribution in [0.1, 0.15) is 41.4 Å². The van der Waals surface area contributed by atoms with Crippen LogP contribution in [0.25, 0.3) is 0 Å². The summed E-state index contributed by atoms with van der Waals surface area (Å²) in [5.74, 6) is -1.94. The van der Waals surface area contributed by atoms with Gasteiger partial charge in [0.05, 0.1) is 47.9 Å². The van der Waals surface area contributed by atoms with E-state index in [9.17, 15) is 24.3 Å². The number of anilines is 2. The highest BCUT2D eigenvalue weighted by molar-refractivity contribution is 14.1. The molecule has 2 aromatic rings. The van der Waals surface area contributed by atoms with Crippen LogP contribution in [-0.2, 0) is 0 Å². The van der Waals surface area contributed by atoms with Crippen molar-refractivity contribution in [2.75, 3.05) is 11.1 Å². The molecule has 0 atom stereocenters. The highest BCUT2D eigenvalue weighted by atomic mass is 127. The second-order valence-electron chi connectivity index (χ2n) is 5.48. The van der Waals surface area contributed by atoms with Crippen LogP contribution in [0.5, 0.6) is 0 Å². The minimum Gasteiger partial charge on any atom is -0.478 e. The first-order chi connectivity index (χ1) is 14.2. The molecule has 0 aliphatic rings. The van der Waals surface area contributed by atoms with E-state index >= 15 is 0 Å². The minimum atomic E-state index is -1.28. The van der Waals surface area contributed by atoms with Crippen molar-refractivity contribution in [3.8, 4) is 0 Å². The maximum atomic E-state index is 13.2. The Balaban J connectivity index is 2.80. The number of aromatic carboxylic acids is 1. The molecule has 2 aromatic carbocycles. The Hall–Kier alpha value is 1.48. The van der Waals surface area contributed by atoms with Crippen LogP contribution >= 0.6 is 159 Å². The number of carboxylic acid groups (broad SMARTS) is 1. The monoisotopic (exact) mass is 1140 g/mol. The molecular formula is C16H4Cl2I6N2O5. The van der Waals surface area contributed by atoms with Gasteiger partial charge in [0.25, 0.3) is 16.4 Å². The Morgan fingerprint density at radius 3 is 1.52 bits per heavy atom. The van der Waals surface area contributed by atoms with E-state index in [1.54, 1.807) is 45.2 Å². The second kappa shape index (κ2) is 11.5. The number of rotatable bonds is 5. The van der Waals surface area contributed by atoms with E-state index < -0.39 is 22.4 Å². The van der Waals surface area contributed by atoms with E-state index in [4.69, 9.17) is 28.9 Å². The average molecular weight is 1140 g/mol. The Bertz CT molecular complexity index is 1160. The third-order valence-electron chi connectivity index (χ3n) is 3.74. The van der Waals surface area contributed by atoms with E-state index in [2.05, 4.69) is 5.32 Å². The van der Waals surface area contributed by atoms with E-state index in [1.165, 1.54) is 0 Å². The lowest BCUT2D eigenvalue weighted by Gasteiger charge is -2.19. The van der Waals surface area contributed by atoms with Gasteiger partial charge >= 0.3 is 5.97 Å². The van der Waals surface area contributed by atoms with Gasteiger partial charge in [0.2, 0.25) is 0 Å². The van der Waals surface area contributed by atoms with Crippen LogP contribution in [0.4, 0.5) is 11.4 Å². The Morgan fingerprint density at radius 1 is 0.677 bits per heavy atom. The molecule has 0 saturated heterocycles. The fraction of sp³-hybridized carbons (Fsp3) is 0. The Kier molecular flexibility index (Phi) is 10.6. The molecule has 4 N–H and O–H groups in total. The first-order valence-electron chi connectivity index (χ1n) is 7.34. The summed E-state index contributed by atoms with van der Waals surface area (Å²) in [5, 5.41) is 10.6. The molecule has 0 saturated carbocycles. The van der Waals surface area contributed by atoms with Crippen molar-refractivity contribution in [1.82, 2.24) is 0 Å². The normalized spacial score (nSPS) is 10.7. The lowest BCUT2D eigenvalue weighted by molar-refractivity contribution is 0.0694. The number of benzene rings is 2. The number of nitrogens with two attached hydrogens (primary N) is 1. The number of carbonyl (C=O) groups is 4. The summed E-state index contributed by atoms with van der Waals surface area (Å²) < 4.78 is 1.76. The largest absolute Gasteiger partial charge is 0.478 e. The van der Waals surface area contributed by atoms with Gasteiger partial charge in [-0.3, -0.25) is 14.4 Å². The summed E-state index contributed by atoms with van der Waals surface area (Å²) in [7, 11) is 0. The molecule has 164 valence electrons. The maximum Gasteiger partial charge on any atom is 0.337 e. The number of hydrogen-bond donors (Lipinski definition) is 3. The van der Waals surface area contributed by atoms with E-state index in [1.807, 2.05) is 90.4 Å². The molecule has 0 aliphatic heterocycles. The molecule has 31 heavy (non-hydrogen) atoms. The summed E-state index contributed by atoms with van der Waals surface area (Å²) in [6, 6.07) is 0. The van der Waals surface area contributed by atoms with Gasteiger partial charge in [-0.2, -0.15) is 0 Å². The number of amides is 1. The van der Waals surface area contributed by atoms with Crippen molar-refractivity contribution in [3.63, 3.8) is 0 Å². The quantitative estimate of drug-likeness (QED) is 0.176. The van der Waals surface area contributed by atoms with Gasteiger partial charge in [-0.1, -0.05) is 0 Å². The summed E-state index contributed by atoms with van der Waals surface area (Å²) >= 11 is 22.3. The predicted octanol–water partition coefficient (Wildman–Crippen LogP) is 6.60. The standard InChI is InChI=1S/C16H4Cl2I6N2O5/c17-13(27)1-5(19)3(8(22)11(25)7(1)21)15(29)26-12-9(23)2(14(18)28)6(20)4(10(12)24)16(30)31/h25H2,(H,26,29)(H,30,31). The SMILES string of the molecule is Nc1c(I)c(C(=O)Cl)c(I)c(C(=O)Nc2c(I)c(C(=O)O)c(I)c(C(=O)Cl)c2I)c1I. The van der Waals surface area contributed by atoms with Gasteiger partial charge in [0.1, 0.15) is 0 Å². The van der Waals surface area contributed by atoms with Crippen LogP contribution in [0.15, 0.2) is 0 Å². The molecule has 0 aliphatic carbocycles. The van der Waals surface area contributed by atoms with E-state index in [0.717, 1.165) is 0 Å². The average Bonchev–Trinajstić information content (AvgIpc) is 2.62. The maximum absolute atomic E-state index is 13.2. The number of nitrogens with one attached hydrogen (secondary N) is 1. The fourth-order valence-corrected chi connectivity index (χ4v) is 11.9. The van der Waals surface area contributed by atoms with Crippen molar-refractivity contribution in [3.05, 3.63) is 43.7 Å². The summed E-state index contributed by atoms with van der Waals surface area (Å²) in [5.41, 5.74) is 6.40. The van der Waals surface area contributed by atoms with Gasteiger partial charge in [0.15, 0.2) is 0 Å². The summed E-state index contributed by atoms with van der Waals surface area (Å²) in [6.07, 6.45) is 0. The van der Waals surface area contributed by atoms with Crippen molar-refractivity contribution >= 4 is 192 Å². The lowest BCUT2D eigenvalue weighted by atomic mass is 10.1. The first-order valence-corrected chi connectivity index (χ1v) is 14.6. The number of hydrogen-bond acceptors (Lipinski definition) is 5. The summed E-state index contributed by atoms with van der Waals surface area (Å²) in [6.45, 7) is 0.